The Balaban J connectivity index is 2.05. The van der Waals surface area contributed by atoms with E-state index in [0.717, 1.165) is 13.0 Å². The lowest BCUT2D eigenvalue weighted by Gasteiger charge is -2.26. The Labute approximate surface area is 114 Å². The Morgan fingerprint density at radius 2 is 2.28 bits per heavy atom. The van der Waals surface area contributed by atoms with Gasteiger partial charge < -0.3 is 4.18 Å². The van der Waals surface area contributed by atoms with E-state index in [-0.39, 0.29) is 0 Å². The van der Waals surface area contributed by atoms with Gasteiger partial charge in [0.25, 0.3) is 0 Å². The van der Waals surface area contributed by atoms with Crippen LogP contribution in [0.5, 0.6) is 0 Å². The number of rotatable bonds is 5. The molecular formula is C15H21NOS. The van der Waals surface area contributed by atoms with Crippen molar-refractivity contribution in [2.24, 2.45) is 0 Å². The zero-order valence-corrected chi connectivity index (χ0v) is 12.0. The first kappa shape index (κ1) is 13.7. The fourth-order valence-electron chi connectivity index (χ4n) is 2.34. The molecule has 1 aromatic rings. The molecule has 0 saturated carbocycles. The van der Waals surface area contributed by atoms with Crippen molar-refractivity contribution in [1.29, 1.82) is 0 Å². The monoisotopic (exact) mass is 263 g/mol. The van der Waals surface area contributed by atoms with Crippen molar-refractivity contribution in [3.8, 4) is 0 Å². The second-order valence-electron chi connectivity index (χ2n) is 4.56. The van der Waals surface area contributed by atoms with Crippen LogP contribution in [-0.4, -0.2) is 31.6 Å². The topological polar surface area (TPSA) is 12.5 Å². The minimum absolute atomic E-state index is 1.09. The number of nitrogens with zero attached hydrogens (tertiary/aromatic N) is 1. The van der Waals surface area contributed by atoms with Crippen LogP contribution in [0.4, 0.5) is 0 Å². The SMILES string of the molecule is CCCN1CC=C(c2cccc(SOC)c2)CC1. The normalized spacial score (nSPS) is 16.7. The Morgan fingerprint density at radius 3 is 2.94 bits per heavy atom. The minimum atomic E-state index is 1.09. The zero-order chi connectivity index (χ0) is 12.8. The number of benzene rings is 1. The molecule has 1 aliphatic heterocycles. The van der Waals surface area contributed by atoms with E-state index in [1.165, 1.54) is 47.6 Å². The van der Waals surface area contributed by atoms with Gasteiger partial charge in [-0.05, 0) is 42.7 Å². The Hall–Kier alpha value is -0.770. The van der Waals surface area contributed by atoms with Crippen LogP contribution in [0.15, 0.2) is 35.2 Å². The summed E-state index contributed by atoms with van der Waals surface area (Å²) in [5.41, 5.74) is 2.81. The third kappa shape index (κ3) is 3.61. The molecule has 1 aromatic carbocycles. The molecule has 2 rings (SSSR count). The van der Waals surface area contributed by atoms with Crippen LogP contribution in [0.2, 0.25) is 0 Å². The standard InChI is InChI=1S/C15H21NOS/c1-3-9-16-10-7-13(8-11-16)14-5-4-6-15(12-14)18-17-2/h4-7,12H,3,8-11H2,1-2H3. The second-order valence-corrected chi connectivity index (χ2v) is 5.53. The van der Waals surface area contributed by atoms with Crippen LogP contribution < -0.4 is 0 Å². The molecule has 0 aliphatic carbocycles. The van der Waals surface area contributed by atoms with Crippen molar-refractivity contribution in [3.63, 3.8) is 0 Å². The van der Waals surface area contributed by atoms with Gasteiger partial charge in [0.1, 0.15) is 0 Å². The molecule has 0 N–H and O–H groups in total. The summed E-state index contributed by atoms with van der Waals surface area (Å²) in [4.78, 5) is 3.68. The third-order valence-electron chi connectivity index (χ3n) is 3.22. The summed E-state index contributed by atoms with van der Waals surface area (Å²) in [7, 11) is 1.71. The van der Waals surface area contributed by atoms with Crippen LogP contribution >= 0.6 is 12.0 Å². The highest BCUT2D eigenvalue weighted by molar-refractivity contribution is 7.94. The van der Waals surface area contributed by atoms with Crippen LogP contribution in [0, 0.1) is 0 Å². The van der Waals surface area contributed by atoms with Crippen LogP contribution in [0.1, 0.15) is 25.3 Å². The highest BCUT2D eigenvalue weighted by Gasteiger charge is 2.12. The molecule has 0 bridgehead atoms. The minimum Gasteiger partial charge on any atom is -0.314 e. The summed E-state index contributed by atoms with van der Waals surface area (Å²) < 4.78 is 5.11. The second kappa shape index (κ2) is 6.98. The van der Waals surface area contributed by atoms with E-state index in [4.69, 9.17) is 4.18 Å². The van der Waals surface area contributed by atoms with Gasteiger partial charge in [-0.15, -0.1) is 0 Å². The van der Waals surface area contributed by atoms with Crippen LogP contribution in [-0.2, 0) is 4.18 Å². The van der Waals surface area contributed by atoms with Crippen LogP contribution in [0.3, 0.4) is 0 Å². The predicted molar refractivity (Wildman–Crippen MR) is 78.6 cm³/mol. The van der Waals surface area contributed by atoms with Crippen molar-refractivity contribution in [3.05, 3.63) is 35.9 Å². The van der Waals surface area contributed by atoms with E-state index < -0.39 is 0 Å². The van der Waals surface area contributed by atoms with E-state index in [1.807, 2.05) is 0 Å². The molecule has 0 amide bonds. The molecule has 3 heteroatoms. The van der Waals surface area contributed by atoms with Gasteiger partial charge in [0.15, 0.2) is 0 Å². The van der Waals surface area contributed by atoms with Crippen LogP contribution in [0.25, 0.3) is 5.57 Å². The Morgan fingerprint density at radius 1 is 1.39 bits per heavy atom. The fourth-order valence-corrected chi connectivity index (χ4v) is 2.84. The van der Waals surface area contributed by atoms with Crippen molar-refractivity contribution in [1.82, 2.24) is 4.90 Å². The van der Waals surface area contributed by atoms with Gasteiger partial charge in [-0.2, -0.15) is 0 Å². The maximum absolute atomic E-state index is 5.11. The lowest BCUT2D eigenvalue weighted by atomic mass is 9.99. The molecule has 1 heterocycles. The van der Waals surface area contributed by atoms with Gasteiger partial charge in [0, 0.05) is 30.0 Å². The van der Waals surface area contributed by atoms with E-state index in [1.54, 1.807) is 7.11 Å². The van der Waals surface area contributed by atoms with Crippen molar-refractivity contribution >= 4 is 17.6 Å². The summed E-state index contributed by atoms with van der Waals surface area (Å²) >= 11 is 1.42. The van der Waals surface area contributed by atoms with Gasteiger partial charge in [-0.3, -0.25) is 4.90 Å². The average Bonchev–Trinajstić information content (AvgIpc) is 2.41. The zero-order valence-electron chi connectivity index (χ0n) is 11.2. The Kier molecular flexibility index (Phi) is 5.29. The van der Waals surface area contributed by atoms with Gasteiger partial charge in [0.05, 0.1) is 7.11 Å². The molecule has 0 unspecified atom stereocenters. The van der Waals surface area contributed by atoms with E-state index in [2.05, 4.69) is 42.2 Å². The fraction of sp³-hybridized carbons (Fsp3) is 0.467. The largest absolute Gasteiger partial charge is 0.314 e. The highest BCUT2D eigenvalue weighted by Crippen LogP contribution is 2.26. The summed E-state index contributed by atoms with van der Waals surface area (Å²) in [6.07, 6.45) is 4.76. The van der Waals surface area contributed by atoms with E-state index in [9.17, 15) is 0 Å². The molecule has 18 heavy (non-hydrogen) atoms. The molecule has 2 nitrogen and oxygen atoms in total. The molecule has 0 aromatic heterocycles. The molecule has 0 spiro atoms. The van der Waals surface area contributed by atoms with Gasteiger partial charge >= 0.3 is 0 Å². The highest BCUT2D eigenvalue weighted by atomic mass is 32.2. The van der Waals surface area contributed by atoms with Gasteiger partial charge in [-0.1, -0.05) is 25.1 Å². The maximum Gasteiger partial charge on any atom is 0.0508 e. The summed E-state index contributed by atoms with van der Waals surface area (Å²) in [5, 5.41) is 0. The summed E-state index contributed by atoms with van der Waals surface area (Å²) in [6, 6.07) is 8.61. The van der Waals surface area contributed by atoms with Gasteiger partial charge in [0.2, 0.25) is 0 Å². The van der Waals surface area contributed by atoms with Crippen molar-refractivity contribution < 1.29 is 4.18 Å². The lowest BCUT2D eigenvalue weighted by molar-refractivity contribution is 0.302. The summed E-state index contributed by atoms with van der Waals surface area (Å²) in [5.74, 6) is 0. The maximum atomic E-state index is 5.11. The molecular weight excluding hydrogens is 242 g/mol. The molecule has 0 atom stereocenters. The Bertz CT molecular complexity index is 417. The molecule has 0 saturated heterocycles. The lowest BCUT2D eigenvalue weighted by Crippen LogP contribution is -2.29. The number of hydrogen-bond acceptors (Lipinski definition) is 3. The van der Waals surface area contributed by atoms with Gasteiger partial charge in [-0.25, -0.2) is 0 Å². The van der Waals surface area contributed by atoms with Crippen molar-refractivity contribution in [2.75, 3.05) is 26.7 Å². The molecule has 98 valence electrons. The van der Waals surface area contributed by atoms with E-state index >= 15 is 0 Å². The van der Waals surface area contributed by atoms with Crippen molar-refractivity contribution in [2.45, 2.75) is 24.7 Å². The van der Waals surface area contributed by atoms with E-state index in [0.29, 0.717) is 0 Å². The quantitative estimate of drug-likeness (QED) is 0.749. The first-order valence-electron chi connectivity index (χ1n) is 6.56. The molecule has 0 fully saturated rings. The smallest absolute Gasteiger partial charge is 0.0508 e. The third-order valence-corrected chi connectivity index (χ3v) is 3.83. The summed E-state index contributed by atoms with van der Waals surface area (Å²) in [6.45, 7) is 5.72. The first-order valence-corrected chi connectivity index (χ1v) is 7.30. The molecule has 1 aliphatic rings. The molecule has 0 radical (unpaired) electrons. The first-order chi connectivity index (χ1) is 8.83. The predicted octanol–water partition coefficient (Wildman–Crippen LogP) is 3.84. The number of hydrogen-bond donors (Lipinski definition) is 0. The average molecular weight is 263 g/mol.